The van der Waals surface area contributed by atoms with Crippen molar-refractivity contribution in [1.82, 2.24) is 15.0 Å². The summed E-state index contributed by atoms with van der Waals surface area (Å²) in [6, 6.07) is 64.7. The Labute approximate surface area is 458 Å². The van der Waals surface area contributed by atoms with Crippen molar-refractivity contribution in [2.75, 3.05) is 26.1 Å². The van der Waals surface area contributed by atoms with Crippen LogP contribution in [0.3, 0.4) is 0 Å². The van der Waals surface area contributed by atoms with Gasteiger partial charge in [0.15, 0.2) is 12.6 Å². The smallest absolute Gasteiger partial charge is 0.337 e. The number of nitrogens with zero attached hydrogens (tertiary/aromatic N) is 4. The Balaban J connectivity index is 0.000000175. The first-order valence-electron chi connectivity index (χ1n) is 24.4. The predicted molar refractivity (Wildman–Crippen MR) is 309 cm³/mol. The van der Waals surface area contributed by atoms with E-state index in [0.717, 1.165) is 93.4 Å². The van der Waals surface area contributed by atoms with Gasteiger partial charge in [-0.1, -0.05) is 109 Å². The first-order chi connectivity index (χ1) is 38.6. The molecule has 0 atom stereocenters. The Bertz CT molecular complexity index is 3470. The van der Waals surface area contributed by atoms with Crippen molar-refractivity contribution in [1.29, 1.82) is 0 Å². The van der Waals surface area contributed by atoms with Crippen LogP contribution in [0.2, 0.25) is 0 Å². The maximum atomic E-state index is 10.9. The minimum absolute atomic E-state index is 0.396. The van der Waals surface area contributed by atoms with Crippen LogP contribution in [0.15, 0.2) is 237 Å². The number of benzene rings is 7. The van der Waals surface area contributed by atoms with Crippen molar-refractivity contribution in [3.05, 3.63) is 282 Å². The molecule has 0 aliphatic rings. The van der Waals surface area contributed by atoms with Gasteiger partial charge in [-0.15, -0.1) is 0 Å². The molecule has 0 saturated heterocycles. The van der Waals surface area contributed by atoms with Crippen molar-refractivity contribution >= 4 is 60.3 Å². The van der Waals surface area contributed by atoms with E-state index in [1.54, 1.807) is 85.5 Å². The third-order valence-electron chi connectivity index (χ3n) is 11.1. The molecule has 10 aromatic rings. The largest absolute Gasteiger partial charge is 0.489 e. The lowest BCUT2D eigenvalue weighted by Crippen LogP contribution is -2.08. The molecule has 0 saturated carbocycles. The quantitative estimate of drug-likeness (QED) is 0.0787. The highest BCUT2D eigenvalue weighted by Crippen LogP contribution is 2.22. The van der Waals surface area contributed by atoms with Crippen LogP contribution in [0.1, 0.15) is 78.2 Å². The molecule has 10 rings (SSSR count). The number of para-hydroxylation sites is 1. The second-order valence-corrected chi connectivity index (χ2v) is 16.8. The van der Waals surface area contributed by atoms with Gasteiger partial charge in [0.25, 0.3) is 0 Å². The molecule has 0 aliphatic carbocycles. The summed E-state index contributed by atoms with van der Waals surface area (Å²) >= 11 is 0. The average Bonchev–Trinajstić information content (AvgIpc) is 3.53. The van der Waals surface area contributed by atoms with Crippen LogP contribution in [0, 0.1) is 0 Å². The molecule has 0 fully saturated rings. The summed E-state index contributed by atoms with van der Waals surface area (Å²) in [4.78, 5) is 87.6. The average molecular weight is 1050 g/mol. The highest BCUT2D eigenvalue weighted by molar-refractivity contribution is 5.90. The van der Waals surface area contributed by atoms with Crippen LogP contribution in [0.5, 0.6) is 5.75 Å². The van der Waals surface area contributed by atoms with Crippen LogP contribution in [0.25, 0.3) is 33.2 Å². The number of carbonyl (C=O) groups is 7. The fourth-order valence-electron chi connectivity index (χ4n) is 6.93. The van der Waals surface area contributed by atoms with Gasteiger partial charge in [-0.2, -0.15) is 0 Å². The third-order valence-corrected chi connectivity index (χ3v) is 11.1. The van der Waals surface area contributed by atoms with Crippen molar-refractivity contribution in [3.8, 4) is 28.0 Å². The molecule has 0 amide bonds. The van der Waals surface area contributed by atoms with Gasteiger partial charge < -0.3 is 14.4 Å². The fourth-order valence-corrected chi connectivity index (χ4v) is 6.93. The summed E-state index contributed by atoms with van der Waals surface area (Å²) in [6.45, 7) is 0.543. The molecule has 0 radical (unpaired) electrons. The number of esters is 1. The van der Waals surface area contributed by atoms with E-state index >= 15 is 0 Å². The van der Waals surface area contributed by atoms with Gasteiger partial charge in [0, 0.05) is 77.8 Å². The molecule has 394 valence electrons. The number of hydrogen-bond acceptors (Lipinski definition) is 13. The number of methoxy groups -OCH3 is 1. The van der Waals surface area contributed by atoms with E-state index < -0.39 is 5.97 Å². The number of carbonyl (C=O) groups excluding carboxylic acids is 7. The van der Waals surface area contributed by atoms with Crippen LogP contribution in [-0.4, -0.2) is 79.8 Å². The van der Waals surface area contributed by atoms with E-state index in [-0.39, 0.29) is 0 Å². The van der Waals surface area contributed by atoms with E-state index in [0.29, 0.717) is 40.1 Å². The maximum Gasteiger partial charge on any atom is 0.337 e. The first-order valence-corrected chi connectivity index (χ1v) is 24.4. The van der Waals surface area contributed by atoms with Gasteiger partial charge in [-0.05, 0) is 131 Å². The summed E-state index contributed by atoms with van der Waals surface area (Å²) in [5.74, 6) is 0.377. The van der Waals surface area contributed by atoms with Crippen LogP contribution in [0.4, 0.5) is 5.69 Å². The Kier molecular flexibility index (Phi) is 25.0. The van der Waals surface area contributed by atoms with Crippen LogP contribution < -0.4 is 9.64 Å². The van der Waals surface area contributed by atoms with Gasteiger partial charge >= 0.3 is 5.97 Å². The zero-order valence-corrected chi connectivity index (χ0v) is 43.7. The second-order valence-electron chi connectivity index (χ2n) is 16.8. The number of anilines is 1. The third kappa shape index (κ3) is 20.2. The number of ether oxygens (including phenoxy) is 2. The van der Waals surface area contributed by atoms with Crippen LogP contribution >= 0.6 is 0 Å². The number of fused-ring (bicyclic) bond motifs is 1. The summed E-state index contributed by atoms with van der Waals surface area (Å²) in [5.41, 5.74) is 11.4. The van der Waals surface area contributed by atoms with Crippen molar-refractivity contribution in [2.45, 2.75) is 6.61 Å². The molecule has 0 bridgehead atoms. The molecule has 13 heteroatoms. The van der Waals surface area contributed by atoms with Crippen molar-refractivity contribution in [3.63, 3.8) is 0 Å². The fraction of sp³-hybridized carbons (Fsp3) is 0.0606. The molecular weight excluding hydrogens is 993 g/mol. The molecule has 7 aromatic carbocycles. The summed E-state index contributed by atoms with van der Waals surface area (Å²) in [7, 11) is 5.25. The number of aldehydes is 6. The molecule has 3 heterocycles. The lowest BCUT2D eigenvalue weighted by atomic mass is 10.0. The number of pyridine rings is 3. The normalized spacial score (nSPS) is 9.61. The number of hydrogen-bond donors (Lipinski definition) is 0. The van der Waals surface area contributed by atoms with Gasteiger partial charge in [0.1, 0.15) is 43.2 Å². The molecule has 0 spiro atoms. The van der Waals surface area contributed by atoms with Gasteiger partial charge in [-0.3, -0.25) is 38.7 Å². The van der Waals surface area contributed by atoms with Gasteiger partial charge in [0.2, 0.25) is 0 Å². The summed E-state index contributed by atoms with van der Waals surface area (Å²) < 4.78 is 10.1. The highest BCUT2D eigenvalue weighted by Gasteiger charge is 2.04. The first kappa shape index (κ1) is 59.2. The molecule has 0 unspecified atom stereocenters. The monoisotopic (exact) mass is 1050 g/mol. The molecular formula is C66H56N4O9. The zero-order chi connectivity index (χ0) is 56.5. The Hall–Kier alpha value is -10.7. The van der Waals surface area contributed by atoms with E-state index in [4.69, 9.17) is 4.74 Å². The molecule has 3 aromatic heterocycles. The lowest BCUT2D eigenvalue weighted by molar-refractivity contribution is 0.0600. The van der Waals surface area contributed by atoms with E-state index in [2.05, 4.69) is 19.7 Å². The van der Waals surface area contributed by atoms with Crippen molar-refractivity contribution in [2.24, 2.45) is 0 Å². The Morgan fingerprint density at radius 3 is 1.58 bits per heavy atom. The van der Waals surface area contributed by atoms with E-state index in [1.165, 1.54) is 7.11 Å². The minimum atomic E-state index is -0.396. The lowest BCUT2D eigenvalue weighted by Gasteiger charge is -2.11. The summed E-state index contributed by atoms with van der Waals surface area (Å²) in [6.07, 6.45) is 11.8. The highest BCUT2D eigenvalue weighted by atomic mass is 16.5. The zero-order valence-electron chi connectivity index (χ0n) is 43.7. The minimum Gasteiger partial charge on any atom is -0.489 e. The Morgan fingerprint density at radius 2 is 1.01 bits per heavy atom. The molecule has 13 nitrogen and oxygen atoms in total. The van der Waals surface area contributed by atoms with Crippen molar-refractivity contribution < 1.29 is 43.0 Å². The molecule has 0 aliphatic heterocycles. The van der Waals surface area contributed by atoms with Gasteiger partial charge in [-0.25, -0.2) is 9.78 Å². The summed E-state index contributed by atoms with van der Waals surface area (Å²) in [5, 5.41) is 1.06. The van der Waals surface area contributed by atoms with E-state index in [1.807, 2.05) is 171 Å². The SMILES string of the molecule is CN(C)c1ccc(C=O)cc1.COC(=O)c1ccc(C=O)cc1.O=Cc1ccc(OCc2ccccc2)cc1.O=Cc1ccc2ccccc2n1.O=Cc1cccc(-c2ccncc2)c1.O=Cc1ccccc1-c1ccncc1. The second kappa shape index (κ2) is 33.3. The Morgan fingerprint density at radius 1 is 0.468 bits per heavy atom. The van der Waals surface area contributed by atoms with Gasteiger partial charge in [0.05, 0.1) is 18.2 Å². The predicted octanol–water partition coefficient (Wildman–Crippen LogP) is 13.1. The molecule has 79 heavy (non-hydrogen) atoms. The topological polar surface area (TPSA) is 180 Å². The standard InChI is InChI=1S/C14H12O2.2C12H9NO.C10H7NO.C9H11NO.C9H8O3/c15-10-12-6-8-14(9-7-12)16-11-13-4-2-1-3-5-13;14-9-10-2-1-3-12(8-10)11-4-6-13-7-5-11;14-9-11-3-1-2-4-12(11)10-5-7-13-8-6-10;12-7-9-6-5-8-3-1-2-4-10(8)11-9;1-10(2)9-5-3-8(7-11)4-6-9;1-12-9(11)8-4-2-7(6-10)3-5-8/h1-10H,11H2;2*1-9H;1-7H;3-7H,1-2H3;2-6H,1H3. The van der Waals surface area contributed by atoms with E-state index in [9.17, 15) is 33.6 Å². The maximum absolute atomic E-state index is 10.9. The molecule has 0 N–H and O–H groups in total. The number of aromatic nitrogens is 3. The van der Waals surface area contributed by atoms with Crippen LogP contribution in [-0.2, 0) is 11.3 Å². The number of rotatable bonds is 13.